The third-order valence-corrected chi connectivity index (χ3v) is 3.11. The van der Waals surface area contributed by atoms with E-state index in [0.29, 0.717) is 25.4 Å². The number of benzene rings is 1. The third-order valence-electron chi connectivity index (χ3n) is 3.11. The summed E-state index contributed by atoms with van der Waals surface area (Å²) in [6, 6.07) is 11.1. The van der Waals surface area contributed by atoms with Gasteiger partial charge in [-0.1, -0.05) is 6.92 Å². The largest absolute Gasteiger partial charge is 0.497 e. The Bertz CT molecular complexity index is 612. The van der Waals surface area contributed by atoms with E-state index in [0.717, 1.165) is 17.2 Å². The summed E-state index contributed by atoms with van der Waals surface area (Å²) in [5, 5.41) is 5.91. The maximum atomic E-state index is 11.3. The molecule has 0 radical (unpaired) electrons. The van der Waals surface area contributed by atoms with Crippen molar-refractivity contribution in [3.05, 3.63) is 42.6 Å². The number of hydrogen-bond acceptors (Lipinski definition) is 5. The normalized spacial score (nSPS) is 10.0. The summed E-state index contributed by atoms with van der Waals surface area (Å²) in [6.45, 7) is 2.98. The Morgan fingerprint density at radius 3 is 2.48 bits per heavy atom. The lowest BCUT2D eigenvalue weighted by Crippen LogP contribution is -2.13. The molecular formula is C17H21N3O3. The predicted molar refractivity (Wildman–Crippen MR) is 90.1 cm³/mol. The second-order valence-electron chi connectivity index (χ2n) is 4.78. The topological polar surface area (TPSA) is 72.5 Å². The summed E-state index contributed by atoms with van der Waals surface area (Å²) in [6.07, 6.45) is 2.11. The number of nitrogens with one attached hydrogen (secondary N) is 2. The second kappa shape index (κ2) is 8.63. The van der Waals surface area contributed by atoms with Crippen molar-refractivity contribution in [2.75, 3.05) is 30.9 Å². The average molecular weight is 315 g/mol. The summed E-state index contributed by atoms with van der Waals surface area (Å²) in [4.78, 5) is 15.4. The standard InChI is InChI=1S/C17H21N3O3/c1-3-17(21)20-16-9-4-13(12-19-16)18-10-11-23-15-7-5-14(22-2)6-8-15/h4-9,12,18H,3,10-11H2,1-2H3,(H,19,20,21). The Balaban J connectivity index is 1.72. The highest BCUT2D eigenvalue weighted by atomic mass is 16.5. The molecule has 1 aromatic heterocycles. The molecule has 0 saturated carbocycles. The Morgan fingerprint density at radius 1 is 1.13 bits per heavy atom. The molecule has 0 aliphatic heterocycles. The zero-order valence-corrected chi connectivity index (χ0v) is 13.3. The summed E-state index contributed by atoms with van der Waals surface area (Å²) < 4.78 is 10.7. The fourth-order valence-corrected chi connectivity index (χ4v) is 1.84. The molecule has 23 heavy (non-hydrogen) atoms. The monoisotopic (exact) mass is 315 g/mol. The summed E-state index contributed by atoms with van der Waals surface area (Å²) in [5.41, 5.74) is 0.873. The van der Waals surface area contributed by atoms with Gasteiger partial charge in [-0.25, -0.2) is 4.98 Å². The third kappa shape index (κ3) is 5.50. The molecule has 1 amide bonds. The van der Waals surface area contributed by atoms with Crippen LogP contribution in [0.4, 0.5) is 11.5 Å². The van der Waals surface area contributed by atoms with Crippen LogP contribution in [0.3, 0.4) is 0 Å². The van der Waals surface area contributed by atoms with Crippen molar-refractivity contribution in [2.45, 2.75) is 13.3 Å². The van der Waals surface area contributed by atoms with E-state index in [1.807, 2.05) is 30.3 Å². The minimum absolute atomic E-state index is 0.0499. The summed E-state index contributed by atoms with van der Waals surface area (Å²) in [7, 11) is 1.63. The van der Waals surface area contributed by atoms with Crippen molar-refractivity contribution < 1.29 is 14.3 Å². The van der Waals surface area contributed by atoms with Crippen molar-refractivity contribution >= 4 is 17.4 Å². The van der Waals surface area contributed by atoms with Crippen LogP contribution in [0.5, 0.6) is 11.5 Å². The van der Waals surface area contributed by atoms with Crippen LogP contribution in [0.1, 0.15) is 13.3 Å². The van der Waals surface area contributed by atoms with Gasteiger partial charge < -0.3 is 20.1 Å². The van der Waals surface area contributed by atoms with Crippen molar-refractivity contribution in [1.82, 2.24) is 4.98 Å². The van der Waals surface area contributed by atoms with Gasteiger partial charge >= 0.3 is 0 Å². The zero-order valence-electron chi connectivity index (χ0n) is 13.3. The van der Waals surface area contributed by atoms with Gasteiger partial charge in [0, 0.05) is 13.0 Å². The van der Waals surface area contributed by atoms with E-state index < -0.39 is 0 Å². The first kappa shape index (κ1) is 16.6. The molecule has 0 fully saturated rings. The number of amides is 1. The number of anilines is 2. The minimum atomic E-state index is -0.0499. The number of hydrogen-bond donors (Lipinski definition) is 2. The van der Waals surface area contributed by atoms with Crippen LogP contribution in [0.25, 0.3) is 0 Å². The van der Waals surface area contributed by atoms with Gasteiger partial charge in [0.15, 0.2) is 0 Å². The highest BCUT2D eigenvalue weighted by molar-refractivity contribution is 5.89. The molecule has 0 aliphatic rings. The van der Waals surface area contributed by atoms with Gasteiger partial charge in [0.25, 0.3) is 0 Å². The maximum absolute atomic E-state index is 11.3. The quantitative estimate of drug-likeness (QED) is 0.733. The second-order valence-corrected chi connectivity index (χ2v) is 4.78. The first-order valence-corrected chi connectivity index (χ1v) is 7.48. The first-order valence-electron chi connectivity index (χ1n) is 7.48. The Hall–Kier alpha value is -2.76. The van der Waals surface area contributed by atoms with Gasteiger partial charge in [0.1, 0.15) is 23.9 Å². The molecular weight excluding hydrogens is 294 g/mol. The SMILES string of the molecule is CCC(=O)Nc1ccc(NCCOc2ccc(OC)cc2)cn1. The van der Waals surface area contributed by atoms with E-state index in [1.54, 1.807) is 26.3 Å². The first-order chi connectivity index (χ1) is 11.2. The van der Waals surface area contributed by atoms with Crippen LogP contribution in [-0.4, -0.2) is 31.2 Å². The number of nitrogens with zero attached hydrogens (tertiary/aromatic N) is 1. The molecule has 0 bridgehead atoms. The maximum Gasteiger partial charge on any atom is 0.225 e. The Labute approximate surface area is 135 Å². The molecule has 6 nitrogen and oxygen atoms in total. The van der Waals surface area contributed by atoms with Crippen LogP contribution >= 0.6 is 0 Å². The van der Waals surface area contributed by atoms with E-state index in [2.05, 4.69) is 15.6 Å². The Kier molecular flexibility index (Phi) is 6.23. The molecule has 0 unspecified atom stereocenters. The highest BCUT2D eigenvalue weighted by Gasteiger charge is 2.00. The highest BCUT2D eigenvalue weighted by Crippen LogP contribution is 2.17. The molecule has 1 aromatic carbocycles. The molecule has 122 valence electrons. The summed E-state index contributed by atoms with van der Waals surface area (Å²) in [5.74, 6) is 2.10. The van der Waals surface area contributed by atoms with Gasteiger partial charge in [-0.15, -0.1) is 0 Å². The molecule has 1 heterocycles. The lowest BCUT2D eigenvalue weighted by atomic mass is 10.3. The molecule has 0 aliphatic carbocycles. The van der Waals surface area contributed by atoms with Crippen LogP contribution < -0.4 is 20.1 Å². The molecule has 0 spiro atoms. The fourth-order valence-electron chi connectivity index (χ4n) is 1.84. The van der Waals surface area contributed by atoms with Crippen molar-refractivity contribution in [2.24, 2.45) is 0 Å². The molecule has 2 N–H and O–H groups in total. The number of pyridine rings is 1. The molecule has 2 rings (SSSR count). The molecule has 0 atom stereocenters. The predicted octanol–water partition coefficient (Wildman–Crippen LogP) is 2.93. The number of carbonyl (C=O) groups excluding carboxylic acids is 1. The van der Waals surface area contributed by atoms with Crippen molar-refractivity contribution in [3.63, 3.8) is 0 Å². The number of rotatable bonds is 8. The average Bonchev–Trinajstić information content (AvgIpc) is 2.60. The summed E-state index contributed by atoms with van der Waals surface area (Å²) >= 11 is 0. The van der Waals surface area contributed by atoms with E-state index in [4.69, 9.17) is 9.47 Å². The van der Waals surface area contributed by atoms with Gasteiger partial charge in [-0.3, -0.25) is 4.79 Å². The van der Waals surface area contributed by atoms with Gasteiger partial charge in [0.05, 0.1) is 19.0 Å². The van der Waals surface area contributed by atoms with Crippen LogP contribution in [-0.2, 0) is 4.79 Å². The minimum Gasteiger partial charge on any atom is -0.497 e. The number of aromatic nitrogens is 1. The van der Waals surface area contributed by atoms with Crippen molar-refractivity contribution in [3.8, 4) is 11.5 Å². The lowest BCUT2D eigenvalue weighted by Gasteiger charge is -2.09. The van der Waals surface area contributed by atoms with Crippen LogP contribution in [0.2, 0.25) is 0 Å². The lowest BCUT2D eigenvalue weighted by molar-refractivity contribution is -0.115. The Morgan fingerprint density at radius 2 is 1.87 bits per heavy atom. The van der Waals surface area contributed by atoms with Crippen molar-refractivity contribution in [1.29, 1.82) is 0 Å². The fraction of sp³-hybridized carbons (Fsp3) is 0.294. The number of carbonyl (C=O) groups is 1. The number of ether oxygens (including phenoxy) is 2. The van der Waals surface area contributed by atoms with Crippen LogP contribution in [0.15, 0.2) is 42.6 Å². The van der Waals surface area contributed by atoms with Gasteiger partial charge in [-0.2, -0.15) is 0 Å². The molecule has 2 aromatic rings. The molecule has 6 heteroatoms. The van der Waals surface area contributed by atoms with Crippen LogP contribution in [0, 0.1) is 0 Å². The smallest absolute Gasteiger partial charge is 0.225 e. The zero-order chi connectivity index (χ0) is 16.5. The van der Waals surface area contributed by atoms with E-state index in [-0.39, 0.29) is 5.91 Å². The van der Waals surface area contributed by atoms with E-state index in [9.17, 15) is 4.79 Å². The van der Waals surface area contributed by atoms with Gasteiger partial charge in [-0.05, 0) is 36.4 Å². The van der Waals surface area contributed by atoms with Gasteiger partial charge in [0.2, 0.25) is 5.91 Å². The van der Waals surface area contributed by atoms with E-state index >= 15 is 0 Å². The van der Waals surface area contributed by atoms with E-state index in [1.165, 1.54) is 0 Å². The number of methoxy groups -OCH3 is 1. The molecule has 0 saturated heterocycles.